The molecule has 3 aromatic rings. The van der Waals surface area contributed by atoms with E-state index in [1.54, 1.807) is 36.9 Å². The number of ether oxygens (including phenoxy) is 2. The van der Waals surface area contributed by atoms with Gasteiger partial charge < -0.3 is 9.47 Å². The summed E-state index contributed by atoms with van der Waals surface area (Å²) in [5, 5.41) is 1.96. The van der Waals surface area contributed by atoms with Crippen LogP contribution in [-0.2, 0) is 9.53 Å². The number of para-hydroxylation sites is 1. The first kappa shape index (κ1) is 20.3. The van der Waals surface area contributed by atoms with Crippen molar-refractivity contribution in [3.63, 3.8) is 0 Å². The van der Waals surface area contributed by atoms with Crippen LogP contribution >= 0.6 is 22.7 Å². The second-order valence-corrected chi connectivity index (χ2v) is 8.55. The lowest BCUT2D eigenvalue weighted by Gasteiger charge is -2.25. The maximum Gasteiger partial charge on any atom is 0.338 e. The van der Waals surface area contributed by atoms with E-state index >= 15 is 0 Å². The molecule has 0 spiro atoms. The smallest absolute Gasteiger partial charge is 0.338 e. The number of aromatic nitrogens is 1. The van der Waals surface area contributed by atoms with Crippen molar-refractivity contribution < 1.29 is 14.3 Å². The zero-order chi connectivity index (χ0) is 21.3. The quantitative estimate of drug-likeness (QED) is 0.572. The fraction of sp³-hybridized carbons (Fsp3) is 0.227. The predicted molar refractivity (Wildman–Crippen MR) is 118 cm³/mol. The number of thiophene rings is 1. The van der Waals surface area contributed by atoms with Crippen molar-refractivity contribution in [3.05, 3.63) is 83.2 Å². The van der Waals surface area contributed by atoms with E-state index in [9.17, 15) is 9.59 Å². The third-order valence-corrected chi connectivity index (χ3v) is 6.57. The van der Waals surface area contributed by atoms with Gasteiger partial charge >= 0.3 is 5.97 Å². The van der Waals surface area contributed by atoms with Gasteiger partial charge in [0.15, 0.2) is 4.80 Å². The number of hydrogen-bond donors (Lipinski definition) is 0. The number of carbonyl (C=O) groups is 1. The number of methoxy groups -OCH3 is 1. The minimum absolute atomic E-state index is 0.197. The Bertz CT molecular complexity index is 1300. The Balaban J connectivity index is 2.01. The van der Waals surface area contributed by atoms with Crippen LogP contribution in [0.3, 0.4) is 0 Å². The van der Waals surface area contributed by atoms with E-state index in [1.165, 1.54) is 11.3 Å². The van der Waals surface area contributed by atoms with Gasteiger partial charge in [-0.05, 0) is 37.4 Å². The SMILES string of the molecule is CCOC(=O)C1=C(C)N=c2s/c(=C/c3cccs3)c(=O)n2[C@H]1c1ccccc1OC. The molecule has 30 heavy (non-hydrogen) atoms. The van der Waals surface area contributed by atoms with Gasteiger partial charge in [0.2, 0.25) is 0 Å². The van der Waals surface area contributed by atoms with Crippen molar-refractivity contribution in [1.82, 2.24) is 4.57 Å². The Morgan fingerprint density at radius 1 is 1.27 bits per heavy atom. The molecule has 0 unspecified atom stereocenters. The third-order valence-electron chi connectivity index (χ3n) is 4.77. The molecule has 1 atom stereocenters. The molecule has 0 amide bonds. The van der Waals surface area contributed by atoms with Crippen LogP contribution in [0.4, 0.5) is 0 Å². The van der Waals surface area contributed by atoms with E-state index in [0.717, 1.165) is 4.88 Å². The molecule has 1 aliphatic heterocycles. The highest BCUT2D eigenvalue weighted by Crippen LogP contribution is 2.35. The number of esters is 1. The van der Waals surface area contributed by atoms with Crippen molar-refractivity contribution in [1.29, 1.82) is 0 Å². The Labute approximate surface area is 181 Å². The minimum atomic E-state index is -0.679. The molecule has 0 saturated heterocycles. The summed E-state index contributed by atoms with van der Waals surface area (Å²) in [4.78, 5) is 32.4. The maximum absolute atomic E-state index is 13.4. The van der Waals surface area contributed by atoms with Crippen molar-refractivity contribution >= 4 is 34.7 Å². The molecule has 8 heteroatoms. The number of allylic oxidation sites excluding steroid dienone is 1. The number of fused-ring (bicyclic) bond motifs is 1. The average molecular weight is 441 g/mol. The first-order valence-electron chi connectivity index (χ1n) is 9.41. The van der Waals surface area contributed by atoms with Crippen LogP contribution in [0.2, 0.25) is 0 Å². The molecule has 3 heterocycles. The molecule has 1 aliphatic rings. The lowest BCUT2D eigenvalue weighted by Crippen LogP contribution is -2.40. The van der Waals surface area contributed by atoms with Crippen LogP contribution in [0.15, 0.2) is 62.8 Å². The van der Waals surface area contributed by atoms with Crippen LogP contribution < -0.4 is 19.6 Å². The van der Waals surface area contributed by atoms with Crippen molar-refractivity contribution in [2.24, 2.45) is 4.99 Å². The first-order valence-corrected chi connectivity index (χ1v) is 11.1. The molecule has 6 nitrogen and oxygen atoms in total. The Morgan fingerprint density at radius 3 is 2.77 bits per heavy atom. The average Bonchev–Trinajstić information content (AvgIpc) is 3.35. The lowest BCUT2D eigenvalue weighted by atomic mass is 9.95. The second-order valence-electron chi connectivity index (χ2n) is 6.56. The zero-order valence-electron chi connectivity index (χ0n) is 16.7. The van der Waals surface area contributed by atoms with Gasteiger partial charge in [-0.2, -0.15) is 0 Å². The summed E-state index contributed by atoms with van der Waals surface area (Å²) in [6.45, 7) is 3.75. The van der Waals surface area contributed by atoms with Crippen molar-refractivity contribution in [2.45, 2.75) is 19.9 Å². The van der Waals surface area contributed by atoms with Gasteiger partial charge in [-0.1, -0.05) is 35.6 Å². The summed E-state index contributed by atoms with van der Waals surface area (Å²) in [5.74, 6) is 0.106. The lowest BCUT2D eigenvalue weighted by molar-refractivity contribution is -0.139. The van der Waals surface area contributed by atoms with Crippen molar-refractivity contribution in [2.75, 3.05) is 13.7 Å². The summed E-state index contributed by atoms with van der Waals surface area (Å²) in [6.07, 6.45) is 1.86. The molecule has 1 aromatic carbocycles. The van der Waals surface area contributed by atoms with E-state index in [-0.39, 0.29) is 12.2 Å². The molecular weight excluding hydrogens is 420 g/mol. The topological polar surface area (TPSA) is 69.9 Å². The Morgan fingerprint density at radius 2 is 2.07 bits per heavy atom. The fourth-order valence-corrected chi connectivity index (χ4v) is 5.25. The monoisotopic (exact) mass is 440 g/mol. The van der Waals surface area contributed by atoms with Crippen LogP contribution in [0.25, 0.3) is 6.08 Å². The standard InChI is InChI=1S/C22H20N2O4S2/c1-4-28-21(26)18-13(2)23-22-24(19(18)15-9-5-6-10-16(15)27-3)20(25)17(30-22)12-14-8-7-11-29-14/h5-12,19H,4H2,1-3H3/b17-12+/t19-/m0/s1. The van der Waals surface area contributed by atoms with Gasteiger partial charge in [-0.3, -0.25) is 9.36 Å². The van der Waals surface area contributed by atoms with Crippen LogP contribution in [0, 0.1) is 0 Å². The van der Waals surface area contributed by atoms with Crippen molar-refractivity contribution in [3.8, 4) is 5.75 Å². The maximum atomic E-state index is 13.4. The van der Waals surface area contributed by atoms with E-state index in [1.807, 2.05) is 47.9 Å². The highest BCUT2D eigenvalue weighted by Gasteiger charge is 2.34. The summed E-state index contributed by atoms with van der Waals surface area (Å²) in [5.41, 5.74) is 1.39. The Hall–Kier alpha value is -2.97. The molecule has 4 rings (SSSR count). The molecule has 0 bridgehead atoms. The largest absolute Gasteiger partial charge is 0.496 e. The van der Waals surface area contributed by atoms with Gasteiger partial charge in [0, 0.05) is 10.4 Å². The predicted octanol–water partition coefficient (Wildman–Crippen LogP) is 2.87. The highest BCUT2D eigenvalue weighted by molar-refractivity contribution is 7.11. The highest BCUT2D eigenvalue weighted by atomic mass is 32.1. The zero-order valence-corrected chi connectivity index (χ0v) is 18.4. The third kappa shape index (κ3) is 3.53. The number of carbonyl (C=O) groups excluding carboxylic acids is 1. The van der Waals surface area contributed by atoms with E-state index in [4.69, 9.17) is 9.47 Å². The van der Waals surface area contributed by atoms with Gasteiger partial charge in [-0.15, -0.1) is 11.3 Å². The molecule has 154 valence electrons. The van der Waals surface area contributed by atoms with Crippen LogP contribution in [0.5, 0.6) is 5.75 Å². The number of rotatable bonds is 5. The minimum Gasteiger partial charge on any atom is -0.496 e. The molecule has 0 saturated carbocycles. The molecular formula is C22H20N2O4S2. The van der Waals surface area contributed by atoms with Gasteiger partial charge in [0.1, 0.15) is 11.8 Å². The van der Waals surface area contributed by atoms with Gasteiger partial charge in [-0.25, -0.2) is 9.79 Å². The first-order chi connectivity index (χ1) is 14.5. The van der Waals surface area contributed by atoms with Gasteiger partial charge in [0.25, 0.3) is 5.56 Å². The second kappa shape index (κ2) is 8.41. The molecule has 2 aromatic heterocycles. The number of benzene rings is 1. The number of hydrogen-bond acceptors (Lipinski definition) is 7. The van der Waals surface area contributed by atoms with Gasteiger partial charge in [0.05, 0.1) is 29.5 Å². The van der Waals surface area contributed by atoms with Crippen LogP contribution in [-0.4, -0.2) is 24.3 Å². The fourth-order valence-electron chi connectivity index (χ4n) is 3.48. The van der Waals surface area contributed by atoms with E-state index in [0.29, 0.717) is 31.9 Å². The summed E-state index contributed by atoms with van der Waals surface area (Å²) >= 11 is 2.87. The summed E-state index contributed by atoms with van der Waals surface area (Å²) < 4.78 is 13.0. The molecule has 0 radical (unpaired) electrons. The summed E-state index contributed by atoms with van der Waals surface area (Å²) in [6, 6.07) is 10.6. The summed E-state index contributed by atoms with van der Waals surface area (Å²) in [7, 11) is 1.57. The molecule has 0 aliphatic carbocycles. The van der Waals surface area contributed by atoms with E-state index in [2.05, 4.69) is 4.99 Å². The molecule has 0 N–H and O–H groups in total. The van der Waals surface area contributed by atoms with Crippen LogP contribution in [0.1, 0.15) is 30.3 Å². The number of thiazole rings is 1. The molecule has 0 fully saturated rings. The normalized spacial score (nSPS) is 16.2. The Kier molecular flexibility index (Phi) is 5.69. The number of nitrogens with zero attached hydrogens (tertiary/aromatic N) is 2. The van der Waals surface area contributed by atoms with E-state index < -0.39 is 12.0 Å².